The molecule has 0 spiro atoms. The van der Waals surface area contributed by atoms with E-state index in [1.165, 1.54) is 16.7 Å². The molecule has 100 valence electrons. The fourth-order valence-corrected chi connectivity index (χ4v) is 4.10. The number of fused-ring (bicyclic) bond motifs is 3. The van der Waals surface area contributed by atoms with Gasteiger partial charge in [-0.05, 0) is 12.1 Å². The van der Waals surface area contributed by atoms with Crippen molar-refractivity contribution in [3.63, 3.8) is 0 Å². The maximum absolute atomic E-state index is 12.0. The molecule has 5 nitrogen and oxygen atoms in total. The molecular formula is C11H8Cl2N2O3S. The van der Waals surface area contributed by atoms with Crippen molar-refractivity contribution in [3.05, 3.63) is 17.3 Å². The van der Waals surface area contributed by atoms with Gasteiger partial charge in [0.1, 0.15) is 14.9 Å². The minimum atomic E-state index is -1.15. The van der Waals surface area contributed by atoms with Crippen molar-refractivity contribution in [3.8, 4) is 0 Å². The molecule has 3 heterocycles. The lowest BCUT2D eigenvalue weighted by Gasteiger charge is -2.41. The molecule has 8 heteroatoms. The van der Waals surface area contributed by atoms with E-state index < -0.39 is 22.3 Å². The first-order valence-electron chi connectivity index (χ1n) is 5.54. The Kier molecular flexibility index (Phi) is 2.92. The van der Waals surface area contributed by atoms with Crippen LogP contribution in [-0.2, 0) is 14.3 Å². The number of amides is 1. The number of esters is 1. The van der Waals surface area contributed by atoms with Crippen LogP contribution in [-0.4, -0.2) is 27.3 Å². The number of hydrogen-bond acceptors (Lipinski definition) is 5. The summed E-state index contributed by atoms with van der Waals surface area (Å²) in [5, 5.41) is 0.821. The van der Waals surface area contributed by atoms with Gasteiger partial charge < -0.3 is 4.74 Å². The third-order valence-electron chi connectivity index (χ3n) is 3.15. The highest BCUT2D eigenvalue weighted by molar-refractivity contribution is 8.01. The second-order valence-electron chi connectivity index (χ2n) is 4.12. The molecule has 2 aliphatic heterocycles. The summed E-state index contributed by atoms with van der Waals surface area (Å²) in [5.74, 6) is -1.62. The zero-order chi connectivity index (χ0) is 13.8. The zero-order valence-electron chi connectivity index (χ0n) is 9.72. The van der Waals surface area contributed by atoms with Gasteiger partial charge in [-0.1, -0.05) is 30.3 Å². The van der Waals surface area contributed by atoms with E-state index in [0.29, 0.717) is 22.3 Å². The van der Waals surface area contributed by atoms with E-state index in [2.05, 4.69) is 4.98 Å². The summed E-state index contributed by atoms with van der Waals surface area (Å²) < 4.78 is 4.60. The van der Waals surface area contributed by atoms with Crippen LogP contribution in [0.15, 0.2) is 17.2 Å². The van der Waals surface area contributed by atoms with Crippen molar-refractivity contribution in [1.82, 2.24) is 4.98 Å². The smallest absolute Gasteiger partial charge is 0.399 e. The summed E-state index contributed by atoms with van der Waals surface area (Å²) >= 11 is 13.4. The standard InChI is InChI=1S/C11H8Cl2N2O3S/c1-2-11-10(13)19-7-5(3-4-6(12)14-7)15(11)8(16)9(17)18-11/h3-4,10H,2H2,1H3/t10-,11+/m1/s1. The number of pyridine rings is 1. The lowest BCUT2D eigenvalue weighted by Crippen LogP contribution is -2.54. The van der Waals surface area contributed by atoms with E-state index in [-0.39, 0.29) is 0 Å². The molecule has 0 unspecified atom stereocenters. The van der Waals surface area contributed by atoms with Crippen LogP contribution < -0.4 is 4.90 Å². The SMILES string of the molecule is CC[C@@]12OC(=O)C(=O)N1c1ccc(Cl)nc1S[C@H]2Cl. The summed E-state index contributed by atoms with van der Waals surface area (Å²) in [4.78, 5) is 29.0. The molecule has 0 radical (unpaired) electrons. The number of ether oxygens (including phenoxy) is 1. The van der Waals surface area contributed by atoms with Crippen LogP contribution in [0.5, 0.6) is 0 Å². The Morgan fingerprint density at radius 3 is 2.95 bits per heavy atom. The van der Waals surface area contributed by atoms with Gasteiger partial charge in [-0.3, -0.25) is 9.69 Å². The first-order chi connectivity index (χ1) is 8.99. The fourth-order valence-electron chi connectivity index (χ4n) is 2.22. The molecule has 2 aliphatic rings. The van der Waals surface area contributed by atoms with Crippen molar-refractivity contribution in [2.45, 2.75) is 28.8 Å². The zero-order valence-corrected chi connectivity index (χ0v) is 12.1. The summed E-state index contributed by atoms with van der Waals surface area (Å²) in [5.41, 5.74) is -0.646. The molecular weight excluding hydrogens is 311 g/mol. The predicted molar refractivity (Wildman–Crippen MR) is 71.3 cm³/mol. The van der Waals surface area contributed by atoms with Crippen molar-refractivity contribution in [2.75, 3.05) is 4.90 Å². The molecule has 1 fully saturated rings. The number of aromatic nitrogens is 1. The van der Waals surface area contributed by atoms with Gasteiger partial charge in [0, 0.05) is 6.42 Å². The van der Waals surface area contributed by atoms with Gasteiger partial charge in [0.15, 0.2) is 0 Å². The third kappa shape index (κ3) is 1.67. The molecule has 19 heavy (non-hydrogen) atoms. The minimum absolute atomic E-state index is 0.304. The van der Waals surface area contributed by atoms with Gasteiger partial charge in [0.05, 0.1) is 5.69 Å². The van der Waals surface area contributed by atoms with E-state index >= 15 is 0 Å². The Balaban J connectivity index is 2.22. The first kappa shape index (κ1) is 13.0. The van der Waals surface area contributed by atoms with Crippen LogP contribution in [0.1, 0.15) is 13.3 Å². The van der Waals surface area contributed by atoms with Gasteiger partial charge >= 0.3 is 11.9 Å². The first-order valence-corrected chi connectivity index (χ1v) is 7.24. The Bertz CT molecular complexity index is 597. The Morgan fingerprint density at radius 2 is 2.26 bits per heavy atom. The number of thioether (sulfide) groups is 1. The largest absolute Gasteiger partial charge is 0.429 e. The molecule has 0 aromatic carbocycles. The molecule has 1 saturated heterocycles. The predicted octanol–water partition coefficient (Wildman–Crippen LogP) is 2.40. The molecule has 1 aromatic rings. The highest BCUT2D eigenvalue weighted by Crippen LogP contribution is 2.51. The normalized spacial score (nSPS) is 29.0. The maximum atomic E-state index is 12.0. The maximum Gasteiger partial charge on any atom is 0.399 e. The number of halogens is 2. The number of rotatable bonds is 1. The second-order valence-corrected chi connectivity index (χ2v) is 6.30. The number of hydrogen-bond donors (Lipinski definition) is 0. The van der Waals surface area contributed by atoms with Crippen LogP contribution in [0.2, 0.25) is 5.15 Å². The van der Waals surface area contributed by atoms with Crippen LogP contribution in [0, 0.1) is 0 Å². The van der Waals surface area contributed by atoms with Gasteiger partial charge in [0.25, 0.3) is 0 Å². The monoisotopic (exact) mass is 318 g/mol. The number of carbonyl (C=O) groups is 2. The van der Waals surface area contributed by atoms with Crippen molar-refractivity contribution < 1.29 is 14.3 Å². The summed E-state index contributed by atoms with van der Waals surface area (Å²) in [6.45, 7) is 1.81. The average Bonchev–Trinajstić information content (AvgIpc) is 2.64. The van der Waals surface area contributed by atoms with Crippen molar-refractivity contribution >= 4 is 52.5 Å². The third-order valence-corrected chi connectivity index (χ3v) is 5.07. The van der Waals surface area contributed by atoms with E-state index in [4.69, 9.17) is 27.9 Å². The van der Waals surface area contributed by atoms with Crippen LogP contribution in [0.3, 0.4) is 0 Å². The van der Waals surface area contributed by atoms with Gasteiger partial charge in [-0.2, -0.15) is 0 Å². The van der Waals surface area contributed by atoms with Crippen LogP contribution >= 0.6 is 35.0 Å². The van der Waals surface area contributed by atoms with Crippen LogP contribution in [0.25, 0.3) is 0 Å². The van der Waals surface area contributed by atoms with E-state index in [9.17, 15) is 9.59 Å². The summed E-state index contributed by atoms with van der Waals surface area (Å²) in [6, 6.07) is 3.21. The topological polar surface area (TPSA) is 59.5 Å². The summed E-state index contributed by atoms with van der Waals surface area (Å²) in [7, 11) is 0. The van der Waals surface area contributed by atoms with Crippen molar-refractivity contribution in [1.29, 1.82) is 0 Å². The Hall–Kier alpha value is -0.980. The molecule has 0 bridgehead atoms. The lowest BCUT2D eigenvalue weighted by molar-refractivity contribution is -0.152. The van der Waals surface area contributed by atoms with E-state index in [0.717, 1.165) is 0 Å². The Morgan fingerprint density at radius 1 is 1.53 bits per heavy atom. The molecule has 0 aliphatic carbocycles. The quantitative estimate of drug-likeness (QED) is 0.344. The summed E-state index contributed by atoms with van der Waals surface area (Å²) in [6.07, 6.45) is 0.397. The van der Waals surface area contributed by atoms with Gasteiger partial charge in [-0.25, -0.2) is 9.78 Å². The molecule has 1 amide bonds. The van der Waals surface area contributed by atoms with E-state index in [1.807, 2.05) is 6.92 Å². The second kappa shape index (κ2) is 4.26. The molecule has 2 atom stereocenters. The number of nitrogens with zero attached hydrogens (tertiary/aromatic N) is 2. The average molecular weight is 319 g/mol. The number of anilines is 1. The molecule has 0 saturated carbocycles. The molecule has 1 aromatic heterocycles. The highest BCUT2D eigenvalue weighted by Gasteiger charge is 2.60. The Labute approximate surface area is 123 Å². The lowest BCUT2D eigenvalue weighted by atomic mass is 10.1. The van der Waals surface area contributed by atoms with Crippen LogP contribution in [0.4, 0.5) is 5.69 Å². The minimum Gasteiger partial charge on any atom is -0.429 e. The molecule has 3 rings (SSSR count). The fraction of sp³-hybridized carbons (Fsp3) is 0.364. The van der Waals surface area contributed by atoms with Crippen molar-refractivity contribution in [2.24, 2.45) is 0 Å². The number of carbonyl (C=O) groups excluding carboxylic acids is 2. The molecule has 0 N–H and O–H groups in total. The van der Waals surface area contributed by atoms with E-state index in [1.54, 1.807) is 12.1 Å². The number of alkyl halides is 1. The highest BCUT2D eigenvalue weighted by atomic mass is 35.5. The van der Waals surface area contributed by atoms with Gasteiger partial charge in [-0.15, -0.1) is 11.6 Å². The van der Waals surface area contributed by atoms with Gasteiger partial charge in [0.2, 0.25) is 5.72 Å².